The van der Waals surface area contributed by atoms with E-state index in [0.717, 1.165) is 34.1 Å². The van der Waals surface area contributed by atoms with E-state index in [9.17, 15) is 0 Å². The van der Waals surface area contributed by atoms with E-state index in [2.05, 4.69) is 250 Å². The number of nitrogens with zero attached hydrogens (tertiary/aromatic N) is 4. The van der Waals surface area contributed by atoms with Crippen molar-refractivity contribution in [2.75, 3.05) is 4.90 Å². The number of aryl methyl sites for hydroxylation is 1. The van der Waals surface area contributed by atoms with E-state index in [4.69, 9.17) is 0 Å². The summed E-state index contributed by atoms with van der Waals surface area (Å²) in [5, 5.41) is 6.16. The summed E-state index contributed by atoms with van der Waals surface area (Å²) in [6.45, 7) is 2.14. The average Bonchev–Trinajstić information content (AvgIpc) is 4.01. The van der Waals surface area contributed by atoms with Gasteiger partial charge in [-0.1, -0.05) is 121 Å². The number of fused-ring (bicyclic) bond motifs is 8. The lowest BCUT2D eigenvalue weighted by atomic mass is 10.1. The Bertz CT molecular complexity index is 3560. The maximum Gasteiger partial charge on any atom is 0.0635 e. The zero-order chi connectivity index (χ0) is 40.4. The maximum atomic E-state index is 2.44. The van der Waals surface area contributed by atoms with Gasteiger partial charge in [-0.15, -0.1) is 0 Å². The van der Waals surface area contributed by atoms with Crippen LogP contribution in [0.15, 0.2) is 225 Å². The first-order valence-corrected chi connectivity index (χ1v) is 20.9. The van der Waals surface area contributed by atoms with Gasteiger partial charge in [0.1, 0.15) is 0 Å². The highest BCUT2D eigenvalue weighted by atomic mass is 15.1. The standard InChI is InChI=1S/C57H40N4/c1-39-20-24-45(25-21-39)60-54-18-10-9-17-49(54)52-38-47(32-34-56(52)60)59(43-14-6-3-7-15-43)44-28-30-46(31-29-44)61-55-19-11-8-16-48(55)50-33-35-53-51(57(50)61)36-37-58(53)42-26-22-41(23-27-42)40-12-4-2-5-13-40/h2-38H,1H3. The monoisotopic (exact) mass is 780 g/mol. The summed E-state index contributed by atoms with van der Waals surface area (Å²) in [5.41, 5.74) is 16.4. The molecule has 0 aliphatic rings. The lowest BCUT2D eigenvalue weighted by Crippen LogP contribution is -2.10. The van der Waals surface area contributed by atoms with Crippen molar-refractivity contribution in [3.05, 3.63) is 230 Å². The zero-order valence-corrected chi connectivity index (χ0v) is 33.7. The molecule has 0 bridgehead atoms. The third kappa shape index (κ3) is 5.68. The van der Waals surface area contributed by atoms with Gasteiger partial charge in [0, 0.05) is 67.3 Å². The van der Waals surface area contributed by atoms with Gasteiger partial charge < -0.3 is 18.6 Å². The fourth-order valence-electron chi connectivity index (χ4n) is 9.46. The van der Waals surface area contributed by atoms with Crippen molar-refractivity contribution in [3.8, 4) is 28.2 Å². The number of rotatable bonds is 7. The quantitative estimate of drug-likeness (QED) is 0.158. The van der Waals surface area contributed by atoms with E-state index >= 15 is 0 Å². The van der Waals surface area contributed by atoms with Gasteiger partial charge >= 0.3 is 0 Å². The second-order valence-electron chi connectivity index (χ2n) is 15.9. The highest BCUT2D eigenvalue weighted by Gasteiger charge is 2.20. The minimum atomic E-state index is 1.09. The second kappa shape index (κ2) is 14.0. The molecule has 0 radical (unpaired) electrons. The van der Waals surface area contributed by atoms with Crippen LogP contribution < -0.4 is 4.90 Å². The Hall–Kier alpha value is -8.08. The fourth-order valence-corrected chi connectivity index (χ4v) is 9.46. The van der Waals surface area contributed by atoms with E-state index in [1.54, 1.807) is 0 Å². The molecule has 3 heterocycles. The van der Waals surface area contributed by atoms with Crippen LogP contribution in [0.2, 0.25) is 0 Å². The van der Waals surface area contributed by atoms with Crippen molar-refractivity contribution in [1.82, 2.24) is 13.7 Å². The van der Waals surface area contributed by atoms with Gasteiger partial charge in [0.25, 0.3) is 0 Å². The van der Waals surface area contributed by atoms with Crippen molar-refractivity contribution < 1.29 is 0 Å². The van der Waals surface area contributed by atoms with Gasteiger partial charge in [0.2, 0.25) is 0 Å². The van der Waals surface area contributed by atoms with Crippen molar-refractivity contribution in [2.45, 2.75) is 6.92 Å². The number of hydrogen-bond acceptors (Lipinski definition) is 1. The molecule has 0 fully saturated rings. The molecule has 9 aromatic carbocycles. The first-order valence-electron chi connectivity index (χ1n) is 20.9. The van der Waals surface area contributed by atoms with E-state index < -0.39 is 0 Å². The highest BCUT2D eigenvalue weighted by molar-refractivity contribution is 6.18. The Balaban J connectivity index is 0.983. The van der Waals surface area contributed by atoms with Crippen LogP contribution in [0.5, 0.6) is 0 Å². The Morgan fingerprint density at radius 2 is 0.852 bits per heavy atom. The molecule has 12 aromatic rings. The summed E-state index contributed by atoms with van der Waals surface area (Å²) in [5.74, 6) is 0. The molecule has 3 aromatic heterocycles. The zero-order valence-electron chi connectivity index (χ0n) is 33.7. The van der Waals surface area contributed by atoms with Crippen LogP contribution in [0.4, 0.5) is 17.1 Å². The predicted octanol–water partition coefficient (Wildman–Crippen LogP) is 15.3. The van der Waals surface area contributed by atoms with Crippen molar-refractivity contribution >= 4 is 71.6 Å². The molecule has 0 atom stereocenters. The first-order chi connectivity index (χ1) is 30.2. The van der Waals surface area contributed by atoms with E-state index in [0.29, 0.717) is 0 Å². The van der Waals surface area contributed by atoms with Gasteiger partial charge in [-0.05, 0) is 121 Å². The minimum Gasteiger partial charge on any atom is -0.316 e. The number of para-hydroxylation sites is 3. The van der Waals surface area contributed by atoms with Gasteiger partial charge in [-0.25, -0.2) is 0 Å². The molecule has 61 heavy (non-hydrogen) atoms. The lowest BCUT2D eigenvalue weighted by molar-refractivity contribution is 1.13. The molecular weight excluding hydrogens is 741 g/mol. The van der Waals surface area contributed by atoms with Crippen LogP contribution >= 0.6 is 0 Å². The predicted molar refractivity (Wildman–Crippen MR) is 257 cm³/mol. The number of benzene rings is 9. The molecule has 4 nitrogen and oxygen atoms in total. The molecule has 0 aliphatic heterocycles. The number of aromatic nitrogens is 3. The van der Waals surface area contributed by atoms with Crippen molar-refractivity contribution in [2.24, 2.45) is 0 Å². The molecule has 288 valence electrons. The smallest absolute Gasteiger partial charge is 0.0635 e. The second-order valence-corrected chi connectivity index (χ2v) is 15.9. The number of anilines is 3. The third-order valence-corrected chi connectivity index (χ3v) is 12.3. The summed E-state index contributed by atoms with van der Waals surface area (Å²) < 4.78 is 7.13. The number of hydrogen-bond donors (Lipinski definition) is 0. The van der Waals surface area contributed by atoms with Crippen LogP contribution in [0.1, 0.15) is 5.56 Å². The van der Waals surface area contributed by atoms with Crippen LogP contribution in [-0.4, -0.2) is 13.7 Å². The topological polar surface area (TPSA) is 18.0 Å². The van der Waals surface area contributed by atoms with Gasteiger partial charge in [0.15, 0.2) is 0 Å². The Labute approximate surface area is 354 Å². The third-order valence-electron chi connectivity index (χ3n) is 12.3. The Morgan fingerprint density at radius 1 is 0.328 bits per heavy atom. The van der Waals surface area contributed by atoms with Crippen LogP contribution in [0, 0.1) is 6.92 Å². The molecule has 0 spiro atoms. The van der Waals surface area contributed by atoms with Crippen molar-refractivity contribution in [1.29, 1.82) is 0 Å². The summed E-state index contributed by atoms with van der Waals surface area (Å²) in [4.78, 5) is 2.37. The SMILES string of the molecule is Cc1ccc(-n2c3ccccc3c3cc(N(c4ccccc4)c4ccc(-n5c6ccccc6c6ccc7c(ccn7-c7ccc(-c8ccccc8)cc7)c65)cc4)ccc32)cc1. The summed E-state index contributed by atoms with van der Waals surface area (Å²) in [6.07, 6.45) is 2.21. The molecule has 4 heteroatoms. The molecule has 0 saturated carbocycles. The Kier molecular flexibility index (Phi) is 8.04. The average molecular weight is 781 g/mol. The lowest BCUT2D eigenvalue weighted by Gasteiger charge is -2.26. The molecule has 12 rings (SSSR count). The molecule has 0 saturated heterocycles. The molecular formula is C57H40N4. The Morgan fingerprint density at radius 3 is 1.59 bits per heavy atom. The van der Waals surface area contributed by atoms with Crippen LogP contribution in [-0.2, 0) is 0 Å². The van der Waals surface area contributed by atoms with Crippen LogP contribution in [0.25, 0.3) is 82.7 Å². The van der Waals surface area contributed by atoms with E-state index in [-0.39, 0.29) is 0 Å². The summed E-state index contributed by atoms with van der Waals surface area (Å²) in [7, 11) is 0. The first kappa shape index (κ1) is 34.9. The fraction of sp³-hybridized carbons (Fsp3) is 0.0175. The summed E-state index contributed by atoms with van der Waals surface area (Å²) >= 11 is 0. The maximum absolute atomic E-state index is 2.44. The molecule has 0 unspecified atom stereocenters. The van der Waals surface area contributed by atoms with Gasteiger partial charge in [0.05, 0.1) is 27.6 Å². The normalized spacial score (nSPS) is 11.7. The molecule has 0 N–H and O–H groups in total. The molecule has 0 aliphatic carbocycles. The minimum absolute atomic E-state index is 1.09. The van der Waals surface area contributed by atoms with Crippen molar-refractivity contribution in [3.63, 3.8) is 0 Å². The molecule has 0 amide bonds. The summed E-state index contributed by atoms with van der Waals surface area (Å²) in [6, 6.07) is 79.3. The van der Waals surface area contributed by atoms with E-state index in [1.807, 2.05) is 0 Å². The largest absolute Gasteiger partial charge is 0.316 e. The van der Waals surface area contributed by atoms with Gasteiger partial charge in [-0.2, -0.15) is 0 Å². The van der Waals surface area contributed by atoms with Gasteiger partial charge in [-0.3, -0.25) is 0 Å². The van der Waals surface area contributed by atoms with Crippen LogP contribution in [0.3, 0.4) is 0 Å². The van der Waals surface area contributed by atoms with E-state index in [1.165, 1.54) is 71.2 Å². The highest BCUT2D eigenvalue weighted by Crippen LogP contribution is 2.42.